The van der Waals surface area contributed by atoms with E-state index >= 15 is 0 Å². The van der Waals surface area contributed by atoms with E-state index in [0.717, 1.165) is 18.2 Å². The third-order valence-corrected chi connectivity index (χ3v) is 2.96. The van der Waals surface area contributed by atoms with Gasteiger partial charge in [-0.05, 0) is 24.1 Å². The lowest BCUT2D eigenvalue weighted by Gasteiger charge is -2.28. The van der Waals surface area contributed by atoms with E-state index in [1.54, 1.807) is 0 Å². The first kappa shape index (κ1) is 13.9. The van der Waals surface area contributed by atoms with Crippen molar-refractivity contribution in [2.75, 3.05) is 13.2 Å². The summed E-state index contributed by atoms with van der Waals surface area (Å²) >= 11 is 0. The van der Waals surface area contributed by atoms with E-state index in [0.29, 0.717) is 13.0 Å². The van der Waals surface area contributed by atoms with Crippen molar-refractivity contribution >= 4 is 5.91 Å². The number of aliphatic hydroxyl groups excluding tert-OH is 1. The predicted molar refractivity (Wildman–Crippen MR) is 63.4 cm³/mol. The van der Waals surface area contributed by atoms with Crippen molar-refractivity contribution in [1.82, 2.24) is 5.32 Å². The quantitative estimate of drug-likeness (QED) is 0.854. The molecule has 0 aliphatic carbocycles. The highest BCUT2D eigenvalue weighted by Crippen LogP contribution is 2.10. The molecule has 1 aromatic rings. The van der Waals surface area contributed by atoms with Crippen molar-refractivity contribution < 1.29 is 23.4 Å². The lowest BCUT2D eigenvalue weighted by Crippen LogP contribution is -2.49. The van der Waals surface area contributed by atoms with Gasteiger partial charge in [-0.15, -0.1) is 0 Å². The highest BCUT2D eigenvalue weighted by atomic mass is 19.1. The Hall–Kier alpha value is -1.53. The summed E-state index contributed by atoms with van der Waals surface area (Å²) in [7, 11) is 0. The molecule has 4 nitrogen and oxygen atoms in total. The molecule has 0 bridgehead atoms. The normalized spacial score (nSPS) is 23.1. The summed E-state index contributed by atoms with van der Waals surface area (Å²) in [5.74, 6) is -1.81. The molecule has 2 atom stereocenters. The minimum absolute atomic E-state index is 0.126. The standard InChI is InChI=1S/C13H15F2NO3/c14-9-3-8(4-10(15)6-9)5-13(18)16-11-1-2-19-7-12(11)17/h3-4,6,11-12,17H,1-2,5,7H2,(H,16,18)/t11-,12-/m1/s1. The zero-order valence-electron chi connectivity index (χ0n) is 10.2. The second kappa shape index (κ2) is 6.08. The van der Waals surface area contributed by atoms with Gasteiger partial charge in [0.15, 0.2) is 0 Å². The van der Waals surface area contributed by atoms with E-state index in [9.17, 15) is 18.7 Å². The van der Waals surface area contributed by atoms with Crippen LogP contribution < -0.4 is 5.32 Å². The molecule has 1 aliphatic rings. The number of amides is 1. The van der Waals surface area contributed by atoms with E-state index in [2.05, 4.69) is 5.32 Å². The Bertz CT molecular complexity index is 447. The molecule has 0 spiro atoms. The molecule has 0 aromatic heterocycles. The van der Waals surface area contributed by atoms with E-state index < -0.39 is 17.7 Å². The van der Waals surface area contributed by atoms with Gasteiger partial charge >= 0.3 is 0 Å². The first-order valence-corrected chi connectivity index (χ1v) is 6.05. The molecule has 1 saturated heterocycles. The van der Waals surface area contributed by atoms with Gasteiger partial charge < -0.3 is 15.2 Å². The Balaban J connectivity index is 1.93. The molecule has 1 fully saturated rings. The van der Waals surface area contributed by atoms with Crippen molar-refractivity contribution in [2.24, 2.45) is 0 Å². The summed E-state index contributed by atoms with van der Waals surface area (Å²) in [6.45, 7) is 0.649. The van der Waals surface area contributed by atoms with Crippen molar-refractivity contribution in [1.29, 1.82) is 0 Å². The van der Waals surface area contributed by atoms with Crippen LogP contribution in [0.5, 0.6) is 0 Å². The number of nitrogens with one attached hydrogen (secondary N) is 1. The average molecular weight is 271 g/mol. The molecule has 6 heteroatoms. The topological polar surface area (TPSA) is 58.6 Å². The van der Waals surface area contributed by atoms with Gasteiger partial charge in [-0.2, -0.15) is 0 Å². The summed E-state index contributed by atoms with van der Waals surface area (Å²) < 4.78 is 31.0. The molecule has 0 unspecified atom stereocenters. The van der Waals surface area contributed by atoms with Crippen LogP contribution in [0, 0.1) is 11.6 Å². The van der Waals surface area contributed by atoms with Gasteiger partial charge in [0.1, 0.15) is 11.6 Å². The fraction of sp³-hybridized carbons (Fsp3) is 0.462. The summed E-state index contributed by atoms with van der Waals surface area (Å²) in [6, 6.07) is 2.61. The van der Waals surface area contributed by atoms with E-state index in [1.807, 2.05) is 0 Å². The van der Waals surface area contributed by atoms with Crippen LogP contribution in [0.2, 0.25) is 0 Å². The van der Waals surface area contributed by atoms with Crippen molar-refractivity contribution in [3.63, 3.8) is 0 Å². The zero-order valence-corrected chi connectivity index (χ0v) is 10.2. The Kier molecular flexibility index (Phi) is 4.44. The number of aliphatic hydroxyl groups is 1. The molecule has 0 radical (unpaired) electrons. The SMILES string of the molecule is O=C(Cc1cc(F)cc(F)c1)N[C@@H]1CCOC[C@H]1O. The molecule has 1 heterocycles. The van der Waals surface area contributed by atoms with Crippen molar-refractivity contribution in [2.45, 2.75) is 25.0 Å². The number of carbonyl (C=O) groups is 1. The van der Waals surface area contributed by atoms with E-state index in [1.165, 1.54) is 0 Å². The Morgan fingerprint density at radius 2 is 2.05 bits per heavy atom. The summed E-state index contributed by atoms with van der Waals surface area (Å²) in [5, 5.41) is 12.3. The van der Waals surface area contributed by atoms with Gasteiger partial charge in [0.25, 0.3) is 0 Å². The second-order valence-electron chi connectivity index (χ2n) is 4.56. The second-order valence-corrected chi connectivity index (χ2v) is 4.56. The van der Waals surface area contributed by atoms with Gasteiger partial charge in [0, 0.05) is 12.7 Å². The molecular weight excluding hydrogens is 256 g/mol. The number of hydrogen-bond donors (Lipinski definition) is 2. The van der Waals surface area contributed by atoms with Crippen LogP contribution in [-0.2, 0) is 16.0 Å². The molecule has 1 aromatic carbocycles. The minimum Gasteiger partial charge on any atom is -0.389 e. The largest absolute Gasteiger partial charge is 0.389 e. The number of carbonyl (C=O) groups excluding carboxylic acids is 1. The summed E-state index contributed by atoms with van der Waals surface area (Å²) in [4.78, 5) is 11.7. The fourth-order valence-corrected chi connectivity index (χ4v) is 2.05. The highest BCUT2D eigenvalue weighted by molar-refractivity contribution is 5.78. The first-order chi connectivity index (χ1) is 9.04. The number of rotatable bonds is 3. The molecule has 1 amide bonds. The molecular formula is C13H15F2NO3. The molecule has 19 heavy (non-hydrogen) atoms. The van der Waals surface area contributed by atoms with Gasteiger partial charge in [-0.25, -0.2) is 8.78 Å². The van der Waals surface area contributed by atoms with Crippen molar-refractivity contribution in [3.8, 4) is 0 Å². The van der Waals surface area contributed by atoms with Gasteiger partial charge in [0.05, 0.1) is 25.2 Å². The number of benzene rings is 1. The third kappa shape index (κ3) is 3.97. The van der Waals surface area contributed by atoms with Crippen LogP contribution in [0.3, 0.4) is 0 Å². The number of halogens is 2. The van der Waals surface area contributed by atoms with Crippen molar-refractivity contribution in [3.05, 3.63) is 35.4 Å². The summed E-state index contributed by atoms with van der Waals surface area (Å²) in [6.07, 6.45) is -0.356. The van der Waals surface area contributed by atoms with Crippen LogP contribution in [0.15, 0.2) is 18.2 Å². The van der Waals surface area contributed by atoms with Crippen LogP contribution in [0.25, 0.3) is 0 Å². The lowest BCUT2D eigenvalue weighted by atomic mass is 10.1. The smallest absolute Gasteiger partial charge is 0.224 e. The van der Waals surface area contributed by atoms with Crippen LogP contribution >= 0.6 is 0 Å². The van der Waals surface area contributed by atoms with Gasteiger partial charge in [-0.1, -0.05) is 0 Å². The molecule has 0 saturated carbocycles. The number of hydrogen-bond acceptors (Lipinski definition) is 3. The lowest BCUT2D eigenvalue weighted by molar-refractivity contribution is -0.123. The maximum atomic E-state index is 13.0. The summed E-state index contributed by atoms with van der Waals surface area (Å²) in [5.41, 5.74) is 0.261. The Morgan fingerprint density at radius 1 is 1.37 bits per heavy atom. The Labute approximate surface area is 109 Å². The van der Waals surface area contributed by atoms with Crippen LogP contribution in [0.4, 0.5) is 8.78 Å². The minimum atomic E-state index is -0.748. The molecule has 104 valence electrons. The maximum Gasteiger partial charge on any atom is 0.224 e. The monoisotopic (exact) mass is 271 g/mol. The van der Waals surface area contributed by atoms with E-state index in [4.69, 9.17) is 4.74 Å². The average Bonchev–Trinajstić information content (AvgIpc) is 2.30. The maximum absolute atomic E-state index is 13.0. The van der Waals surface area contributed by atoms with Gasteiger partial charge in [0.2, 0.25) is 5.91 Å². The molecule has 1 aliphatic heterocycles. The fourth-order valence-electron chi connectivity index (χ4n) is 2.05. The Morgan fingerprint density at radius 3 is 2.68 bits per heavy atom. The van der Waals surface area contributed by atoms with Gasteiger partial charge in [-0.3, -0.25) is 4.79 Å². The molecule has 2 N–H and O–H groups in total. The zero-order chi connectivity index (χ0) is 13.8. The number of ether oxygens (including phenoxy) is 1. The molecule has 2 rings (SSSR count). The highest BCUT2D eigenvalue weighted by Gasteiger charge is 2.25. The first-order valence-electron chi connectivity index (χ1n) is 6.05. The third-order valence-electron chi connectivity index (χ3n) is 2.96. The van der Waals surface area contributed by atoms with Crippen LogP contribution in [-0.4, -0.2) is 36.4 Å². The van der Waals surface area contributed by atoms with Crippen LogP contribution in [0.1, 0.15) is 12.0 Å². The van der Waals surface area contributed by atoms with E-state index in [-0.39, 0.29) is 30.5 Å². The predicted octanol–water partition coefficient (Wildman–Crippen LogP) is 0.773.